The predicted molar refractivity (Wildman–Crippen MR) is 69.5 cm³/mol. The van der Waals surface area contributed by atoms with Gasteiger partial charge in [-0.3, -0.25) is 0 Å². The Balaban J connectivity index is 2.15. The molecule has 0 aliphatic carbocycles. The Morgan fingerprint density at radius 1 is 1.35 bits per heavy atom. The minimum atomic E-state index is -0.773. The van der Waals surface area contributed by atoms with Crippen molar-refractivity contribution in [1.29, 1.82) is 0 Å². The van der Waals surface area contributed by atoms with Crippen LogP contribution in [0.3, 0.4) is 0 Å². The highest BCUT2D eigenvalue weighted by Crippen LogP contribution is 2.27. The van der Waals surface area contributed by atoms with Gasteiger partial charge >= 0.3 is 0 Å². The molecule has 0 saturated carbocycles. The van der Waals surface area contributed by atoms with Crippen LogP contribution in [0.1, 0.15) is 24.8 Å². The van der Waals surface area contributed by atoms with E-state index in [2.05, 4.69) is 21.2 Å². The third-order valence-electron chi connectivity index (χ3n) is 3.29. The lowest BCUT2D eigenvalue weighted by Crippen LogP contribution is -2.32. The molecule has 0 radical (unpaired) electrons. The third-order valence-corrected chi connectivity index (χ3v) is 3.78. The number of hydrogen-bond acceptors (Lipinski definition) is 2. The van der Waals surface area contributed by atoms with Crippen molar-refractivity contribution in [3.63, 3.8) is 0 Å². The molecule has 0 aromatic heterocycles. The van der Waals surface area contributed by atoms with E-state index in [0.717, 1.165) is 30.4 Å². The van der Waals surface area contributed by atoms with Crippen LogP contribution in [0.25, 0.3) is 0 Å². The Bertz CT molecular complexity index is 389. The average molecular weight is 302 g/mol. The van der Waals surface area contributed by atoms with E-state index < -0.39 is 5.60 Å². The van der Waals surface area contributed by atoms with E-state index in [1.54, 1.807) is 12.1 Å². The Morgan fingerprint density at radius 3 is 3.00 bits per heavy atom. The van der Waals surface area contributed by atoms with E-state index >= 15 is 0 Å². The van der Waals surface area contributed by atoms with Gasteiger partial charge in [-0.2, -0.15) is 0 Å². The van der Waals surface area contributed by atoms with Gasteiger partial charge in [-0.25, -0.2) is 4.39 Å². The molecular weight excluding hydrogens is 285 g/mol. The van der Waals surface area contributed by atoms with Crippen molar-refractivity contribution in [3.05, 3.63) is 34.1 Å². The molecule has 1 heterocycles. The fourth-order valence-corrected chi connectivity index (χ4v) is 2.73. The van der Waals surface area contributed by atoms with Gasteiger partial charge in [0.25, 0.3) is 0 Å². The summed E-state index contributed by atoms with van der Waals surface area (Å²) in [7, 11) is 0. The number of hydrogen-bond donors (Lipinski definition) is 2. The van der Waals surface area contributed by atoms with Crippen LogP contribution in [0.5, 0.6) is 0 Å². The van der Waals surface area contributed by atoms with Crippen molar-refractivity contribution in [3.8, 4) is 0 Å². The zero-order valence-electron chi connectivity index (χ0n) is 9.68. The van der Waals surface area contributed by atoms with Crippen molar-refractivity contribution in [1.82, 2.24) is 5.32 Å². The predicted octanol–water partition coefficient (Wildman–Crippen LogP) is 2.64. The zero-order chi connectivity index (χ0) is 12.3. The standard InChI is InChI=1S/C13H17BrFNO/c14-11-2-3-12(15)10(8-11)9-13(17)4-1-6-16-7-5-13/h2-3,8,16-17H,1,4-7,9H2. The summed E-state index contributed by atoms with van der Waals surface area (Å²) in [6.45, 7) is 1.73. The summed E-state index contributed by atoms with van der Waals surface area (Å²) in [5.74, 6) is -0.237. The van der Waals surface area contributed by atoms with Crippen molar-refractivity contribution in [2.75, 3.05) is 13.1 Å². The molecule has 0 amide bonds. The topological polar surface area (TPSA) is 32.3 Å². The van der Waals surface area contributed by atoms with E-state index in [9.17, 15) is 9.50 Å². The summed E-state index contributed by atoms with van der Waals surface area (Å²) >= 11 is 3.33. The molecule has 1 atom stereocenters. The van der Waals surface area contributed by atoms with Gasteiger partial charge in [0.2, 0.25) is 0 Å². The molecular formula is C13H17BrFNO. The van der Waals surface area contributed by atoms with Crippen LogP contribution in [0.4, 0.5) is 4.39 Å². The summed E-state index contributed by atoms with van der Waals surface area (Å²) in [5, 5.41) is 13.7. The van der Waals surface area contributed by atoms with Crippen molar-refractivity contribution < 1.29 is 9.50 Å². The van der Waals surface area contributed by atoms with Crippen molar-refractivity contribution in [2.45, 2.75) is 31.3 Å². The van der Waals surface area contributed by atoms with Crippen LogP contribution in [-0.4, -0.2) is 23.8 Å². The van der Waals surface area contributed by atoms with E-state index in [-0.39, 0.29) is 5.82 Å². The number of aliphatic hydroxyl groups is 1. The first kappa shape index (κ1) is 13.0. The van der Waals surface area contributed by atoms with Crippen LogP contribution >= 0.6 is 15.9 Å². The van der Waals surface area contributed by atoms with Crippen LogP contribution < -0.4 is 5.32 Å². The maximum Gasteiger partial charge on any atom is 0.126 e. The summed E-state index contributed by atoms with van der Waals surface area (Å²) in [6, 6.07) is 4.88. The molecule has 1 aliphatic heterocycles. The minimum absolute atomic E-state index is 0.237. The molecule has 1 saturated heterocycles. The smallest absolute Gasteiger partial charge is 0.126 e. The molecule has 1 aromatic carbocycles. The van der Waals surface area contributed by atoms with E-state index in [4.69, 9.17) is 0 Å². The number of rotatable bonds is 2. The van der Waals surface area contributed by atoms with Crippen molar-refractivity contribution in [2.24, 2.45) is 0 Å². The maximum atomic E-state index is 13.6. The lowest BCUT2D eigenvalue weighted by atomic mass is 9.87. The second kappa shape index (κ2) is 5.46. The third kappa shape index (κ3) is 3.50. The van der Waals surface area contributed by atoms with E-state index in [0.29, 0.717) is 18.4 Å². The largest absolute Gasteiger partial charge is 0.389 e. The molecule has 4 heteroatoms. The molecule has 1 aromatic rings. The highest BCUT2D eigenvalue weighted by molar-refractivity contribution is 9.10. The molecule has 0 bridgehead atoms. The second-order valence-electron chi connectivity index (χ2n) is 4.74. The lowest BCUT2D eigenvalue weighted by molar-refractivity contribution is 0.0277. The molecule has 0 spiro atoms. The fraction of sp³-hybridized carbons (Fsp3) is 0.538. The van der Waals surface area contributed by atoms with E-state index in [1.807, 2.05) is 0 Å². The maximum absolute atomic E-state index is 13.6. The van der Waals surface area contributed by atoms with Gasteiger partial charge in [0.05, 0.1) is 5.60 Å². The Morgan fingerprint density at radius 2 is 2.18 bits per heavy atom. The summed E-state index contributed by atoms with van der Waals surface area (Å²) in [6.07, 6.45) is 2.73. The Labute approximate surface area is 109 Å². The van der Waals surface area contributed by atoms with Gasteiger partial charge in [-0.05, 0) is 56.1 Å². The first-order valence-electron chi connectivity index (χ1n) is 5.96. The molecule has 1 aliphatic rings. The molecule has 17 heavy (non-hydrogen) atoms. The molecule has 1 fully saturated rings. The first-order valence-corrected chi connectivity index (χ1v) is 6.75. The summed E-state index contributed by atoms with van der Waals surface area (Å²) in [4.78, 5) is 0. The summed E-state index contributed by atoms with van der Waals surface area (Å²) in [5.41, 5.74) is -0.186. The zero-order valence-corrected chi connectivity index (χ0v) is 11.3. The number of nitrogens with one attached hydrogen (secondary N) is 1. The van der Waals surface area contributed by atoms with E-state index in [1.165, 1.54) is 6.07 Å². The molecule has 2 rings (SSSR count). The van der Waals surface area contributed by atoms with Crippen molar-refractivity contribution >= 4 is 15.9 Å². The Hall–Kier alpha value is -0.450. The number of benzene rings is 1. The highest BCUT2D eigenvalue weighted by Gasteiger charge is 2.29. The second-order valence-corrected chi connectivity index (χ2v) is 5.66. The van der Waals surface area contributed by atoms with Gasteiger partial charge in [0.1, 0.15) is 5.82 Å². The first-order chi connectivity index (χ1) is 8.09. The molecule has 2 nitrogen and oxygen atoms in total. The molecule has 1 unspecified atom stereocenters. The SMILES string of the molecule is OC1(Cc2cc(Br)ccc2F)CCCNCC1. The molecule has 2 N–H and O–H groups in total. The lowest BCUT2D eigenvalue weighted by Gasteiger charge is -2.26. The molecule has 94 valence electrons. The average Bonchev–Trinajstić information content (AvgIpc) is 2.49. The van der Waals surface area contributed by atoms with Gasteiger partial charge in [-0.1, -0.05) is 15.9 Å². The van der Waals surface area contributed by atoms with Gasteiger partial charge in [0, 0.05) is 10.9 Å². The van der Waals surface area contributed by atoms with Crippen LogP contribution in [0.15, 0.2) is 22.7 Å². The number of halogens is 2. The fourth-order valence-electron chi connectivity index (χ4n) is 2.32. The monoisotopic (exact) mass is 301 g/mol. The van der Waals surface area contributed by atoms with Gasteiger partial charge < -0.3 is 10.4 Å². The normalized spacial score (nSPS) is 25.6. The minimum Gasteiger partial charge on any atom is -0.389 e. The van der Waals surface area contributed by atoms with Gasteiger partial charge in [-0.15, -0.1) is 0 Å². The van der Waals surface area contributed by atoms with Gasteiger partial charge in [0.15, 0.2) is 0 Å². The quantitative estimate of drug-likeness (QED) is 0.880. The Kier molecular flexibility index (Phi) is 4.17. The highest BCUT2D eigenvalue weighted by atomic mass is 79.9. The summed E-state index contributed by atoms with van der Waals surface area (Å²) < 4.78 is 14.5. The van der Waals surface area contributed by atoms with Crippen LogP contribution in [0.2, 0.25) is 0 Å². The van der Waals surface area contributed by atoms with Crippen LogP contribution in [0, 0.1) is 5.82 Å². The van der Waals surface area contributed by atoms with Crippen LogP contribution in [-0.2, 0) is 6.42 Å².